The summed E-state index contributed by atoms with van der Waals surface area (Å²) in [7, 11) is 9.24. The molecule has 0 saturated carbocycles. The van der Waals surface area contributed by atoms with Gasteiger partial charge in [0.05, 0.1) is 21.3 Å². The molecular formula is C44H60N4O4. The third kappa shape index (κ3) is 10.3. The lowest BCUT2D eigenvalue weighted by Gasteiger charge is -2.28. The smallest absolute Gasteiger partial charge is 0.254 e. The highest BCUT2D eigenvalue weighted by Crippen LogP contribution is 2.39. The topological polar surface area (TPSA) is 66.5 Å². The van der Waals surface area contributed by atoms with Crippen LogP contribution in [0.25, 0.3) is 12.2 Å². The van der Waals surface area contributed by atoms with Crippen molar-refractivity contribution in [2.75, 3.05) is 68.1 Å². The van der Waals surface area contributed by atoms with Gasteiger partial charge in [-0.15, -0.1) is 0 Å². The van der Waals surface area contributed by atoms with Crippen LogP contribution in [0.4, 0.5) is 0 Å². The van der Waals surface area contributed by atoms with Crippen molar-refractivity contribution in [3.8, 4) is 17.2 Å². The Bertz CT molecular complexity index is 1620. The maximum Gasteiger partial charge on any atom is 0.254 e. The summed E-state index contributed by atoms with van der Waals surface area (Å²) in [6, 6.07) is 25.8. The minimum Gasteiger partial charge on any atom is -0.493 e. The second-order valence-electron chi connectivity index (χ2n) is 14.7. The predicted octanol–water partition coefficient (Wildman–Crippen LogP) is 7.51. The molecule has 2 fully saturated rings. The van der Waals surface area contributed by atoms with Crippen LogP contribution in [0.1, 0.15) is 67.4 Å². The number of carbonyl (C=O) groups is 1. The van der Waals surface area contributed by atoms with Crippen LogP contribution in [0.15, 0.2) is 83.9 Å². The molecule has 280 valence electrons. The van der Waals surface area contributed by atoms with Crippen molar-refractivity contribution in [1.29, 1.82) is 0 Å². The van der Waals surface area contributed by atoms with Crippen molar-refractivity contribution in [3.63, 3.8) is 0 Å². The third-order valence-corrected chi connectivity index (χ3v) is 11.0. The standard InChI is InChI=1S/C44H60N4O4/c1-32(25-34-15-10-8-11-16-34)30-48(44(49)36-28-40(50-5)43(52-7)41(29-36)51-6)24-21-39-27-37(31-47(39)4)42(33(2)26-35-17-12-9-13-18-35)45-22-20-38-19-14-23-46(38)3/h8-13,15-18,25-26,28-29,37-39,42,45H,14,19-24,27,30-31H2,1-7H3/b32-25+,33-26+. The quantitative estimate of drug-likeness (QED) is 0.156. The van der Waals surface area contributed by atoms with Crippen molar-refractivity contribution >= 4 is 18.1 Å². The van der Waals surface area contributed by atoms with Crippen molar-refractivity contribution in [2.45, 2.75) is 64.1 Å². The number of methoxy groups -OCH3 is 3. The minimum atomic E-state index is -0.0599. The lowest BCUT2D eigenvalue weighted by molar-refractivity contribution is 0.0756. The fraction of sp³-hybridized carbons (Fsp3) is 0.477. The molecule has 0 radical (unpaired) electrons. The number of benzene rings is 3. The van der Waals surface area contributed by atoms with E-state index in [2.05, 4.69) is 97.7 Å². The van der Waals surface area contributed by atoms with Gasteiger partial charge in [0.15, 0.2) is 11.5 Å². The monoisotopic (exact) mass is 708 g/mol. The van der Waals surface area contributed by atoms with Crippen LogP contribution in [-0.4, -0.2) is 107 Å². The summed E-state index contributed by atoms with van der Waals surface area (Å²) < 4.78 is 16.8. The molecule has 0 aromatic heterocycles. The zero-order chi connectivity index (χ0) is 37.0. The molecule has 52 heavy (non-hydrogen) atoms. The van der Waals surface area contributed by atoms with Crippen LogP contribution < -0.4 is 19.5 Å². The fourth-order valence-corrected chi connectivity index (χ4v) is 8.18. The molecule has 1 N–H and O–H groups in total. The van der Waals surface area contributed by atoms with Gasteiger partial charge in [-0.25, -0.2) is 0 Å². The number of hydrogen-bond acceptors (Lipinski definition) is 7. The van der Waals surface area contributed by atoms with E-state index in [0.717, 1.165) is 37.1 Å². The highest BCUT2D eigenvalue weighted by atomic mass is 16.5. The molecule has 0 aliphatic carbocycles. The minimum absolute atomic E-state index is 0.0599. The summed E-state index contributed by atoms with van der Waals surface area (Å²) in [5.74, 6) is 1.82. The Morgan fingerprint density at radius 1 is 0.865 bits per heavy atom. The largest absolute Gasteiger partial charge is 0.493 e. The van der Waals surface area contributed by atoms with Crippen molar-refractivity contribution in [2.24, 2.45) is 5.92 Å². The van der Waals surface area contributed by atoms with Gasteiger partial charge >= 0.3 is 0 Å². The number of ether oxygens (including phenoxy) is 3. The first kappa shape index (κ1) is 39.1. The zero-order valence-electron chi connectivity index (χ0n) is 32.4. The van der Waals surface area contributed by atoms with Gasteiger partial charge < -0.3 is 34.2 Å². The Morgan fingerprint density at radius 3 is 2.08 bits per heavy atom. The molecular weight excluding hydrogens is 649 g/mol. The van der Waals surface area contributed by atoms with E-state index in [1.807, 2.05) is 23.1 Å². The number of carbonyl (C=O) groups excluding carboxylic acids is 1. The van der Waals surface area contributed by atoms with Crippen LogP contribution >= 0.6 is 0 Å². The van der Waals surface area contributed by atoms with Crippen molar-refractivity contribution < 1.29 is 19.0 Å². The van der Waals surface area contributed by atoms with Crippen LogP contribution in [0.5, 0.6) is 17.2 Å². The number of nitrogens with one attached hydrogen (secondary N) is 1. The average Bonchev–Trinajstić information content (AvgIpc) is 3.74. The zero-order valence-corrected chi connectivity index (χ0v) is 32.4. The van der Waals surface area contributed by atoms with E-state index in [0.29, 0.717) is 53.9 Å². The molecule has 8 nitrogen and oxygen atoms in total. The van der Waals surface area contributed by atoms with Crippen molar-refractivity contribution in [1.82, 2.24) is 20.0 Å². The lowest BCUT2D eigenvalue weighted by atomic mass is 9.89. The molecule has 2 heterocycles. The van der Waals surface area contributed by atoms with Crippen LogP contribution in [-0.2, 0) is 0 Å². The highest BCUT2D eigenvalue weighted by molar-refractivity contribution is 5.96. The van der Waals surface area contributed by atoms with Gasteiger partial charge in [-0.2, -0.15) is 0 Å². The first-order chi connectivity index (χ1) is 25.2. The van der Waals surface area contributed by atoms with Gasteiger partial charge in [-0.3, -0.25) is 4.79 Å². The van der Waals surface area contributed by atoms with E-state index in [-0.39, 0.29) is 11.9 Å². The Labute approximate surface area is 312 Å². The molecule has 1 amide bonds. The predicted molar refractivity (Wildman–Crippen MR) is 213 cm³/mol. The molecule has 4 atom stereocenters. The number of amides is 1. The second kappa shape index (κ2) is 19.1. The third-order valence-electron chi connectivity index (χ3n) is 11.0. The molecule has 4 unspecified atom stereocenters. The van der Waals surface area contributed by atoms with Crippen LogP contribution in [0.2, 0.25) is 0 Å². The molecule has 0 spiro atoms. The van der Waals surface area contributed by atoms with E-state index in [4.69, 9.17) is 14.2 Å². The molecule has 2 aliphatic heterocycles. The summed E-state index contributed by atoms with van der Waals surface area (Å²) in [5, 5.41) is 4.03. The number of rotatable bonds is 17. The van der Waals surface area contributed by atoms with Gasteiger partial charge in [0.2, 0.25) is 5.75 Å². The van der Waals surface area contributed by atoms with Gasteiger partial charge in [0.25, 0.3) is 5.91 Å². The Hall–Kier alpha value is -4.11. The average molecular weight is 709 g/mol. The van der Waals surface area contributed by atoms with E-state index in [1.165, 1.54) is 36.9 Å². The summed E-state index contributed by atoms with van der Waals surface area (Å²) in [6.07, 6.45) is 10.2. The van der Waals surface area contributed by atoms with Crippen LogP contribution in [0.3, 0.4) is 0 Å². The SMILES string of the molecule is COc1cc(C(=O)N(CCC2CC(C(NCCC3CCCN3C)/C(C)=C/c3ccccc3)CN2C)C/C(C)=C/c2ccccc2)cc(OC)c1OC. The number of nitrogens with zero attached hydrogens (tertiary/aromatic N) is 3. The van der Waals surface area contributed by atoms with E-state index >= 15 is 0 Å². The maximum absolute atomic E-state index is 14.4. The molecule has 3 aromatic carbocycles. The lowest BCUT2D eigenvalue weighted by Crippen LogP contribution is -2.40. The Balaban J connectivity index is 1.34. The van der Waals surface area contributed by atoms with Crippen LogP contribution in [0, 0.1) is 5.92 Å². The summed E-state index contributed by atoms with van der Waals surface area (Å²) in [5.41, 5.74) is 5.37. The molecule has 0 bridgehead atoms. The molecule has 8 heteroatoms. The molecule has 2 saturated heterocycles. The van der Waals surface area contributed by atoms with E-state index < -0.39 is 0 Å². The van der Waals surface area contributed by atoms with E-state index in [9.17, 15) is 4.79 Å². The molecule has 2 aliphatic rings. The first-order valence-electron chi connectivity index (χ1n) is 18.9. The number of hydrogen-bond donors (Lipinski definition) is 1. The highest BCUT2D eigenvalue weighted by Gasteiger charge is 2.36. The molecule has 3 aromatic rings. The molecule has 5 rings (SSSR count). The second-order valence-corrected chi connectivity index (χ2v) is 14.7. The summed E-state index contributed by atoms with van der Waals surface area (Å²) in [6.45, 7) is 8.76. The normalized spacial score (nSPS) is 20.6. The van der Waals surface area contributed by atoms with Gasteiger partial charge in [0, 0.05) is 43.3 Å². The van der Waals surface area contributed by atoms with Gasteiger partial charge in [0.1, 0.15) is 0 Å². The number of likely N-dealkylation sites (tertiary alicyclic amines) is 2. The summed E-state index contributed by atoms with van der Waals surface area (Å²) >= 11 is 0. The van der Waals surface area contributed by atoms with Gasteiger partial charge in [-0.05, 0) is 102 Å². The maximum atomic E-state index is 14.4. The fourth-order valence-electron chi connectivity index (χ4n) is 8.18. The summed E-state index contributed by atoms with van der Waals surface area (Å²) in [4.78, 5) is 21.4. The van der Waals surface area contributed by atoms with Gasteiger partial charge in [-0.1, -0.05) is 84.0 Å². The Morgan fingerprint density at radius 2 is 1.50 bits per heavy atom. The Kier molecular flexibility index (Phi) is 14.4. The first-order valence-corrected chi connectivity index (χ1v) is 18.9. The van der Waals surface area contributed by atoms with Crippen molar-refractivity contribution in [3.05, 3.63) is 101 Å². The van der Waals surface area contributed by atoms with E-state index in [1.54, 1.807) is 33.5 Å².